The molecule has 0 aliphatic rings. The van der Waals surface area contributed by atoms with E-state index in [0.29, 0.717) is 11.1 Å². The van der Waals surface area contributed by atoms with Crippen LogP contribution in [0.15, 0.2) is 48.5 Å². The molecule has 6 nitrogen and oxygen atoms in total. The van der Waals surface area contributed by atoms with E-state index in [1.807, 2.05) is 6.07 Å². The van der Waals surface area contributed by atoms with Gasteiger partial charge in [0, 0.05) is 17.5 Å². The molecule has 2 aromatic rings. The number of carbonyl (C=O) groups is 1. The third-order valence-electron chi connectivity index (χ3n) is 2.50. The van der Waals surface area contributed by atoms with Gasteiger partial charge in [-0.05, 0) is 29.8 Å². The second-order valence-electron chi connectivity index (χ2n) is 3.99. The van der Waals surface area contributed by atoms with Crippen LogP contribution in [-0.2, 0) is 5.33 Å². The number of nitrogens with zero attached hydrogens (tertiary/aromatic N) is 1. The topological polar surface area (TPSA) is 78.7 Å². The third-order valence-corrected chi connectivity index (χ3v) is 3.15. The van der Waals surface area contributed by atoms with Gasteiger partial charge < -0.3 is 9.47 Å². The Morgan fingerprint density at radius 3 is 2.38 bits per heavy atom. The number of halogens is 1. The second kappa shape index (κ2) is 6.85. The molecule has 0 atom stereocenters. The zero-order valence-electron chi connectivity index (χ0n) is 10.7. The van der Waals surface area contributed by atoms with Gasteiger partial charge in [0.05, 0.1) is 4.92 Å². The highest BCUT2D eigenvalue weighted by atomic mass is 79.9. The Morgan fingerprint density at radius 1 is 1.10 bits per heavy atom. The first kappa shape index (κ1) is 15.0. The van der Waals surface area contributed by atoms with Crippen molar-refractivity contribution in [1.82, 2.24) is 0 Å². The van der Waals surface area contributed by atoms with Crippen LogP contribution >= 0.6 is 15.9 Å². The summed E-state index contributed by atoms with van der Waals surface area (Å²) in [4.78, 5) is 21.6. The number of ether oxygens (including phenoxy) is 2. The fourth-order valence-electron chi connectivity index (χ4n) is 1.54. The molecule has 0 amide bonds. The van der Waals surface area contributed by atoms with Crippen LogP contribution < -0.4 is 9.47 Å². The average Bonchev–Trinajstić information content (AvgIpc) is 2.47. The summed E-state index contributed by atoms with van der Waals surface area (Å²) in [7, 11) is 0. The van der Waals surface area contributed by atoms with Gasteiger partial charge in [-0.1, -0.05) is 28.1 Å². The average molecular weight is 352 g/mol. The SMILES string of the molecule is O=C(Oc1ccc([N+](=O)[O-])cc1)Oc1cccc(CBr)c1. The molecule has 108 valence electrons. The van der Waals surface area contributed by atoms with Crippen molar-refractivity contribution < 1.29 is 19.2 Å². The van der Waals surface area contributed by atoms with E-state index in [1.54, 1.807) is 18.2 Å². The van der Waals surface area contributed by atoms with Crippen LogP contribution in [0.25, 0.3) is 0 Å². The summed E-state index contributed by atoms with van der Waals surface area (Å²) in [5.74, 6) is 0.529. The molecule has 0 unspecified atom stereocenters. The van der Waals surface area contributed by atoms with E-state index in [1.165, 1.54) is 24.3 Å². The van der Waals surface area contributed by atoms with Crippen molar-refractivity contribution in [3.05, 3.63) is 64.2 Å². The van der Waals surface area contributed by atoms with E-state index in [4.69, 9.17) is 9.47 Å². The molecule has 0 saturated carbocycles. The highest BCUT2D eigenvalue weighted by molar-refractivity contribution is 9.08. The highest BCUT2D eigenvalue weighted by Crippen LogP contribution is 2.19. The Bertz CT molecular complexity index is 657. The molecule has 2 aromatic carbocycles. The minimum Gasteiger partial charge on any atom is -0.395 e. The smallest absolute Gasteiger partial charge is 0.395 e. The maximum atomic E-state index is 11.6. The maximum absolute atomic E-state index is 11.6. The van der Waals surface area contributed by atoms with Crippen LogP contribution in [0.5, 0.6) is 11.5 Å². The first-order valence-corrected chi connectivity index (χ1v) is 6.99. The van der Waals surface area contributed by atoms with E-state index in [9.17, 15) is 14.9 Å². The number of non-ortho nitro benzene ring substituents is 1. The molecule has 0 fully saturated rings. The zero-order valence-corrected chi connectivity index (χ0v) is 12.3. The summed E-state index contributed by atoms with van der Waals surface area (Å²) in [6.07, 6.45) is -0.907. The fraction of sp³-hybridized carbons (Fsp3) is 0.0714. The number of hydrogen-bond acceptors (Lipinski definition) is 5. The van der Waals surface area contributed by atoms with E-state index in [-0.39, 0.29) is 11.4 Å². The van der Waals surface area contributed by atoms with Crippen molar-refractivity contribution >= 4 is 27.8 Å². The van der Waals surface area contributed by atoms with Crippen LogP contribution in [0, 0.1) is 10.1 Å². The zero-order chi connectivity index (χ0) is 15.2. The van der Waals surface area contributed by atoms with Gasteiger partial charge in [-0.15, -0.1) is 0 Å². The molecular formula is C14H10BrNO5. The lowest BCUT2D eigenvalue weighted by molar-refractivity contribution is -0.384. The summed E-state index contributed by atoms with van der Waals surface area (Å²) in [5.41, 5.74) is 0.872. The third kappa shape index (κ3) is 4.28. The Hall–Kier alpha value is -2.41. The fourth-order valence-corrected chi connectivity index (χ4v) is 1.89. The van der Waals surface area contributed by atoms with Crippen molar-refractivity contribution in [2.75, 3.05) is 0 Å². The van der Waals surface area contributed by atoms with Gasteiger partial charge in [-0.2, -0.15) is 0 Å². The molecule has 0 heterocycles. The molecule has 0 bridgehead atoms. The Labute approximate surface area is 128 Å². The van der Waals surface area contributed by atoms with Crippen LogP contribution in [0.3, 0.4) is 0 Å². The highest BCUT2D eigenvalue weighted by Gasteiger charge is 2.10. The van der Waals surface area contributed by atoms with E-state index < -0.39 is 11.1 Å². The van der Waals surface area contributed by atoms with Crippen LogP contribution in [0.2, 0.25) is 0 Å². The number of nitro benzene ring substituents is 1. The van der Waals surface area contributed by atoms with E-state index in [0.717, 1.165) is 5.56 Å². The molecule has 0 radical (unpaired) electrons. The van der Waals surface area contributed by atoms with Gasteiger partial charge in [0.2, 0.25) is 0 Å². The number of hydrogen-bond donors (Lipinski definition) is 0. The monoisotopic (exact) mass is 351 g/mol. The summed E-state index contributed by atoms with van der Waals surface area (Å²) < 4.78 is 9.95. The van der Waals surface area contributed by atoms with Crippen molar-refractivity contribution in [1.29, 1.82) is 0 Å². The molecule has 0 aromatic heterocycles. The van der Waals surface area contributed by atoms with Crippen molar-refractivity contribution in [3.8, 4) is 11.5 Å². The number of benzene rings is 2. The predicted molar refractivity (Wildman–Crippen MR) is 78.8 cm³/mol. The van der Waals surface area contributed by atoms with Crippen molar-refractivity contribution in [3.63, 3.8) is 0 Å². The molecule has 0 N–H and O–H groups in total. The molecular weight excluding hydrogens is 342 g/mol. The first-order chi connectivity index (χ1) is 10.1. The van der Waals surface area contributed by atoms with E-state index >= 15 is 0 Å². The Kier molecular flexibility index (Phi) is 4.89. The van der Waals surface area contributed by atoms with Crippen molar-refractivity contribution in [2.24, 2.45) is 0 Å². The first-order valence-electron chi connectivity index (χ1n) is 5.87. The minimum atomic E-state index is -0.907. The van der Waals surface area contributed by atoms with Gasteiger partial charge in [0.15, 0.2) is 0 Å². The van der Waals surface area contributed by atoms with Crippen LogP contribution in [0.4, 0.5) is 10.5 Å². The van der Waals surface area contributed by atoms with E-state index in [2.05, 4.69) is 15.9 Å². The molecule has 0 spiro atoms. The van der Waals surface area contributed by atoms with Gasteiger partial charge in [0.25, 0.3) is 5.69 Å². The van der Waals surface area contributed by atoms with Gasteiger partial charge in [0.1, 0.15) is 11.5 Å². The Balaban J connectivity index is 1.99. The number of alkyl halides is 1. The van der Waals surface area contributed by atoms with Gasteiger partial charge in [-0.3, -0.25) is 10.1 Å². The lowest BCUT2D eigenvalue weighted by Gasteiger charge is -2.06. The van der Waals surface area contributed by atoms with Gasteiger partial charge in [-0.25, -0.2) is 4.79 Å². The lowest BCUT2D eigenvalue weighted by atomic mass is 10.2. The second-order valence-corrected chi connectivity index (χ2v) is 4.55. The standard InChI is InChI=1S/C14H10BrNO5/c15-9-10-2-1-3-13(8-10)21-14(17)20-12-6-4-11(5-7-12)16(18)19/h1-8H,9H2. The molecule has 2 rings (SSSR count). The molecule has 21 heavy (non-hydrogen) atoms. The normalized spacial score (nSPS) is 9.95. The number of carbonyl (C=O) groups excluding carboxylic acids is 1. The van der Waals surface area contributed by atoms with Crippen molar-refractivity contribution in [2.45, 2.75) is 5.33 Å². The van der Waals surface area contributed by atoms with Gasteiger partial charge >= 0.3 is 6.16 Å². The summed E-state index contributed by atoms with van der Waals surface area (Å²) in [5, 5.41) is 11.1. The van der Waals surface area contributed by atoms with Crippen LogP contribution in [0.1, 0.15) is 5.56 Å². The molecule has 0 aliphatic carbocycles. The number of rotatable bonds is 4. The Morgan fingerprint density at radius 2 is 1.76 bits per heavy atom. The molecule has 0 aliphatic heterocycles. The molecule has 7 heteroatoms. The quantitative estimate of drug-likeness (QED) is 0.273. The largest absolute Gasteiger partial charge is 0.519 e. The van der Waals surface area contributed by atoms with Crippen LogP contribution in [-0.4, -0.2) is 11.1 Å². The minimum absolute atomic E-state index is 0.0826. The predicted octanol–water partition coefficient (Wildman–Crippen LogP) is 4.07. The number of nitro groups is 1. The summed E-state index contributed by atoms with van der Waals surface area (Å²) in [6, 6.07) is 12.1. The summed E-state index contributed by atoms with van der Waals surface area (Å²) >= 11 is 3.30. The lowest BCUT2D eigenvalue weighted by Crippen LogP contribution is -2.13. The maximum Gasteiger partial charge on any atom is 0.519 e. The molecule has 0 saturated heterocycles. The summed E-state index contributed by atoms with van der Waals surface area (Å²) in [6.45, 7) is 0.